The number of methoxy groups -OCH3 is 1. The lowest BCUT2D eigenvalue weighted by molar-refractivity contribution is 0.0616. The normalized spacial score (nSPS) is 19.0. The highest BCUT2D eigenvalue weighted by Gasteiger charge is 2.42. The first kappa shape index (κ1) is 18.3. The number of hydrogen-bond acceptors (Lipinski definition) is 6. The summed E-state index contributed by atoms with van der Waals surface area (Å²) in [6.45, 7) is 1.96. The molecule has 2 fully saturated rings. The maximum absolute atomic E-state index is 13.0. The standard InChI is InChI=1S/C21H25N5O3/c1-28-11-8-21(20-24-18(29-25-20)14-2-3-14)6-9-26(10-7-21)19(27)15-4-5-16-17(12-15)23-13-22-16/h4-5,12-14H,2-3,6-11H2,1H3,(H,22,23). The van der Waals surface area contributed by atoms with Crippen molar-refractivity contribution in [2.24, 2.45) is 0 Å². The largest absolute Gasteiger partial charge is 0.385 e. The predicted molar refractivity (Wildman–Crippen MR) is 106 cm³/mol. The van der Waals surface area contributed by atoms with E-state index in [1.807, 2.05) is 23.1 Å². The first-order chi connectivity index (χ1) is 14.2. The zero-order valence-electron chi connectivity index (χ0n) is 16.6. The molecule has 1 saturated carbocycles. The summed E-state index contributed by atoms with van der Waals surface area (Å²) in [4.78, 5) is 27.0. The zero-order valence-corrected chi connectivity index (χ0v) is 16.6. The van der Waals surface area contributed by atoms with E-state index in [-0.39, 0.29) is 11.3 Å². The number of nitrogens with zero attached hydrogens (tertiary/aromatic N) is 4. The quantitative estimate of drug-likeness (QED) is 0.689. The van der Waals surface area contributed by atoms with Gasteiger partial charge in [-0.25, -0.2) is 4.98 Å². The molecule has 2 aliphatic rings. The van der Waals surface area contributed by atoms with Crippen LogP contribution in [0.3, 0.4) is 0 Å². The molecule has 8 nitrogen and oxygen atoms in total. The molecule has 0 spiro atoms. The van der Waals surface area contributed by atoms with Crippen LogP contribution in [0.2, 0.25) is 0 Å². The van der Waals surface area contributed by atoms with Crippen LogP contribution in [0.15, 0.2) is 29.0 Å². The molecule has 1 N–H and O–H groups in total. The molecular formula is C21H25N5O3. The van der Waals surface area contributed by atoms with Gasteiger partial charge < -0.3 is 19.1 Å². The van der Waals surface area contributed by atoms with E-state index >= 15 is 0 Å². The molecule has 8 heteroatoms. The highest BCUT2D eigenvalue weighted by atomic mass is 16.5. The number of piperidine rings is 1. The van der Waals surface area contributed by atoms with Crippen molar-refractivity contribution < 1.29 is 14.1 Å². The van der Waals surface area contributed by atoms with E-state index in [0.717, 1.165) is 54.9 Å². The summed E-state index contributed by atoms with van der Waals surface area (Å²) in [7, 11) is 1.71. The number of hydrogen-bond donors (Lipinski definition) is 1. The van der Waals surface area contributed by atoms with Gasteiger partial charge in [0.25, 0.3) is 5.91 Å². The van der Waals surface area contributed by atoms with Crippen molar-refractivity contribution >= 4 is 16.9 Å². The summed E-state index contributed by atoms with van der Waals surface area (Å²) >= 11 is 0. The van der Waals surface area contributed by atoms with Gasteiger partial charge in [-0.05, 0) is 50.3 Å². The second-order valence-corrected chi connectivity index (χ2v) is 8.18. The van der Waals surface area contributed by atoms with Crippen molar-refractivity contribution in [2.45, 2.75) is 43.4 Å². The van der Waals surface area contributed by atoms with E-state index in [4.69, 9.17) is 14.2 Å². The van der Waals surface area contributed by atoms with Crippen molar-refractivity contribution in [3.05, 3.63) is 41.8 Å². The van der Waals surface area contributed by atoms with Gasteiger partial charge in [-0.15, -0.1) is 0 Å². The predicted octanol–water partition coefficient (Wildman–Crippen LogP) is 3.03. The molecule has 5 rings (SSSR count). The molecule has 1 amide bonds. The maximum Gasteiger partial charge on any atom is 0.253 e. The summed E-state index contributed by atoms with van der Waals surface area (Å²) in [5.74, 6) is 2.04. The minimum atomic E-state index is -0.198. The van der Waals surface area contributed by atoms with Crippen molar-refractivity contribution in [3.8, 4) is 0 Å². The number of aromatic nitrogens is 4. The Bertz CT molecular complexity index is 1010. The van der Waals surface area contributed by atoms with Gasteiger partial charge in [0.2, 0.25) is 5.89 Å². The minimum Gasteiger partial charge on any atom is -0.385 e. The number of carbonyl (C=O) groups excluding carboxylic acids is 1. The molecule has 0 bridgehead atoms. The van der Waals surface area contributed by atoms with Gasteiger partial charge in [-0.3, -0.25) is 4.79 Å². The monoisotopic (exact) mass is 395 g/mol. The van der Waals surface area contributed by atoms with Crippen molar-refractivity contribution in [1.29, 1.82) is 0 Å². The molecule has 2 aromatic heterocycles. The molecule has 3 aromatic rings. The van der Waals surface area contributed by atoms with Gasteiger partial charge in [-0.1, -0.05) is 5.16 Å². The van der Waals surface area contributed by atoms with Crippen molar-refractivity contribution in [3.63, 3.8) is 0 Å². The van der Waals surface area contributed by atoms with Gasteiger partial charge in [0, 0.05) is 43.7 Å². The van der Waals surface area contributed by atoms with Crippen LogP contribution in [-0.2, 0) is 10.2 Å². The average Bonchev–Trinajstić information content (AvgIpc) is 3.29. The second-order valence-electron chi connectivity index (χ2n) is 8.18. The summed E-state index contributed by atoms with van der Waals surface area (Å²) in [5.41, 5.74) is 2.22. The number of aromatic amines is 1. The molecular weight excluding hydrogens is 370 g/mol. The van der Waals surface area contributed by atoms with Crippen LogP contribution in [0.4, 0.5) is 0 Å². The average molecular weight is 395 g/mol. The van der Waals surface area contributed by atoms with E-state index in [1.165, 1.54) is 0 Å². The van der Waals surface area contributed by atoms with Crippen LogP contribution >= 0.6 is 0 Å². The Labute approximate surface area is 168 Å². The number of fused-ring (bicyclic) bond motifs is 1. The van der Waals surface area contributed by atoms with Crippen LogP contribution in [0, 0.1) is 0 Å². The second kappa shape index (κ2) is 7.26. The van der Waals surface area contributed by atoms with Crippen LogP contribution < -0.4 is 0 Å². The highest BCUT2D eigenvalue weighted by molar-refractivity contribution is 5.97. The fourth-order valence-corrected chi connectivity index (χ4v) is 4.22. The number of ether oxygens (including phenoxy) is 1. The van der Waals surface area contributed by atoms with E-state index < -0.39 is 0 Å². The SMILES string of the molecule is COCCC1(c2noc(C3CC3)n2)CCN(C(=O)c2ccc3nc[nH]c3c2)CC1. The lowest BCUT2D eigenvalue weighted by atomic mass is 9.75. The Morgan fingerprint density at radius 1 is 1.34 bits per heavy atom. The molecule has 1 aromatic carbocycles. The highest BCUT2D eigenvalue weighted by Crippen LogP contribution is 2.42. The van der Waals surface area contributed by atoms with Crippen LogP contribution in [-0.4, -0.2) is 57.7 Å². The van der Waals surface area contributed by atoms with Gasteiger partial charge in [0.05, 0.1) is 17.4 Å². The van der Waals surface area contributed by atoms with E-state index in [0.29, 0.717) is 31.2 Å². The number of benzene rings is 1. The molecule has 3 heterocycles. The van der Waals surface area contributed by atoms with Gasteiger partial charge in [0.15, 0.2) is 5.82 Å². The lowest BCUT2D eigenvalue weighted by Crippen LogP contribution is -2.46. The number of likely N-dealkylation sites (tertiary alicyclic amines) is 1. The fourth-order valence-electron chi connectivity index (χ4n) is 4.22. The number of H-pyrrole nitrogens is 1. The number of nitrogens with one attached hydrogen (secondary N) is 1. The summed E-state index contributed by atoms with van der Waals surface area (Å²) in [6.07, 6.45) is 6.35. The van der Waals surface area contributed by atoms with Crippen LogP contribution in [0.1, 0.15) is 60.1 Å². The molecule has 152 valence electrons. The molecule has 0 atom stereocenters. The fraction of sp³-hybridized carbons (Fsp3) is 0.524. The molecule has 29 heavy (non-hydrogen) atoms. The van der Waals surface area contributed by atoms with Crippen molar-refractivity contribution in [1.82, 2.24) is 25.0 Å². The third-order valence-corrected chi connectivity index (χ3v) is 6.30. The summed E-state index contributed by atoms with van der Waals surface area (Å²) in [5, 5.41) is 4.33. The molecule has 1 aliphatic heterocycles. The molecule has 1 saturated heterocycles. The molecule has 1 aliphatic carbocycles. The van der Waals surface area contributed by atoms with Gasteiger partial charge in [-0.2, -0.15) is 4.98 Å². The summed E-state index contributed by atoms with van der Waals surface area (Å²) < 4.78 is 10.9. The van der Waals surface area contributed by atoms with Gasteiger partial charge in [0.1, 0.15) is 0 Å². The van der Waals surface area contributed by atoms with Crippen molar-refractivity contribution in [2.75, 3.05) is 26.8 Å². The minimum absolute atomic E-state index is 0.0497. The van der Waals surface area contributed by atoms with E-state index in [1.54, 1.807) is 13.4 Å². The first-order valence-electron chi connectivity index (χ1n) is 10.2. The maximum atomic E-state index is 13.0. The lowest BCUT2D eigenvalue weighted by Gasteiger charge is -2.39. The number of imidazole rings is 1. The van der Waals surface area contributed by atoms with Crippen LogP contribution in [0.25, 0.3) is 11.0 Å². The third-order valence-electron chi connectivity index (χ3n) is 6.30. The topological polar surface area (TPSA) is 97.1 Å². The van der Waals surface area contributed by atoms with Gasteiger partial charge >= 0.3 is 0 Å². The Kier molecular flexibility index (Phi) is 4.58. The number of rotatable bonds is 6. The Hall–Kier alpha value is -2.74. The number of carbonyl (C=O) groups is 1. The molecule has 0 radical (unpaired) electrons. The Balaban J connectivity index is 1.33. The first-order valence-corrected chi connectivity index (χ1v) is 10.2. The number of amides is 1. The molecule has 0 unspecified atom stereocenters. The van der Waals surface area contributed by atoms with E-state index in [2.05, 4.69) is 15.1 Å². The smallest absolute Gasteiger partial charge is 0.253 e. The zero-order chi connectivity index (χ0) is 19.8. The van der Waals surface area contributed by atoms with E-state index in [9.17, 15) is 4.79 Å². The Morgan fingerprint density at radius 3 is 2.93 bits per heavy atom. The Morgan fingerprint density at radius 2 is 2.17 bits per heavy atom. The van der Waals surface area contributed by atoms with Crippen LogP contribution in [0.5, 0.6) is 0 Å². The summed E-state index contributed by atoms with van der Waals surface area (Å²) in [6, 6.07) is 5.60. The third kappa shape index (κ3) is 3.42.